The molecule has 76 valence electrons. The van der Waals surface area contributed by atoms with Gasteiger partial charge in [0, 0.05) is 20.3 Å². The molecule has 0 aromatic rings. The van der Waals surface area contributed by atoms with Crippen LogP contribution in [0, 0.1) is 11.3 Å². The molecule has 1 atom stereocenters. The van der Waals surface area contributed by atoms with Gasteiger partial charge in [-0.1, -0.05) is 0 Å². The summed E-state index contributed by atoms with van der Waals surface area (Å²) in [7, 11) is -1.91. The number of nitrogens with one attached hydrogen (secondary N) is 1. The van der Waals surface area contributed by atoms with Gasteiger partial charge in [0.25, 0.3) is 0 Å². The van der Waals surface area contributed by atoms with E-state index in [0.29, 0.717) is 19.6 Å². The number of hydrogen-bond donors (Lipinski definition) is 1. The summed E-state index contributed by atoms with van der Waals surface area (Å²) in [6.45, 7) is 2.16. The Bertz CT molecular complexity index is 268. The van der Waals surface area contributed by atoms with E-state index < -0.39 is 15.3 Å². The van der Waals surface area contributed by atoms with Crippen molar-refractivity contribution in [2.75, 3.05) is 20.3 Å². The second-order valence-corrected chi connectivity index (χ2v) is 4.64. The number of rotatable bonds is 6. The van der Waals surface area contributed by atoms with E-state index in [-0.39, 0.29) is 0 Å². The first-order valence-corrected chi connectivity index (χ1v) is 5.46. The van der Waals surface area contributed by atoms with E-state index in [1.54, 1.807) is 13.2 Å². The van der Waals surface area contributed by atoms with Crippen molar-refractivity contribution in [3.8, 4) is 6.07 Å². The van der Waals surface area contributed by atoms with Crippen LogP contribution in [-0.4, -0.2) is 33.9 Å². The summed E-state index contributed by atoms with van der Waals surface area (Å²) < 4.78 is 29.4. The van der Waals surface area contributed by atoms with Crippen LogP contribution in [0.1, 0.15) is 13.3 Å². The van der Waals surface area contributed by atoms with Gasteiger partial charge in [-0.3, -0.25) is 0 Å². The normalized spacial score (nSPS) is 13.6. The van der Waals surface area contributed by atoms with E-state index in [1.807, 2.05) is 0 Å². The van der Waals surface area contributed by atoms with E-state index in [4.69, 9.17) is 10.00 Å². The molecule has 0 rings (SSSR count). The topological polar surface area (TPSA) is 79.2 Å². The van der Waals surface area contributed by atoms with Gasteiger partial charge in [0.1, 0.15) is 0 Å². The third-order valence-corrected chi connectivity index (χ3v) is 3.12. The lowest BCUT2D eigenvalue weighted by Crippen LogP contribution is -2.32. The molecule has 0 saturated heterocycles. The van der Waals surface area contributed by atoms with Crippen molar-refractivity contribution < 1.29 is 13.2 Å². The van der Waals surface area contributed by atoms with Crippen LogP contribution >= 0.6 is 0 Å². The molecule has 0 fully saturated rings. The second-order valence-electron chi connectivity index (χ2n) is 2.56. The van der Waals surface area contributed by atoms with Gasteiger partial charge in [-0.05, 0) is 13.3 Å². The maximum atomic E-state index is 11.2. The third kappa shape index (κ3) is 4.83. The van der Waals surface area contributed by atoms with Crippen LogP contribution in [0.15, 0.2) is 0 Å². The van der Waals surface area contributed by atoms with Crippen LogP contribution in [0.2, 0.25) is 0 Å². The van der Waals surface area contributed by atoms with Gasteiger partial charge in [-0.15, -0.1) is 0 Å². The minimum atomic E-state index is -3.46. The number of nitrogens with zero attached hydrogens (tertiary/aromatic N) is 1. The number of ether oxygens (including phenoxy) is 1. The fourth-order valence-electron chi connectivity index (χ4n) is 0.625. The highest BCUT2D eigenvalue weighted by atomic mass is 32.2. The summed E-state index contributed by atoms with van der Waals surface area (Å²) in [4.78, 5) is 0. The summed E-state index contributed by atoms with van der Waals surface area (Å²) in [6, 6.07) is 1.66. The number of sulfonamides is 1. The van der Waals surface area contributed by atoms with Crippen LogP contribution in [0.4, 0.5) is 0 Å². The van der Waals surface area contributed by atoms with Gasteiger partial charge in [0.05, 0.1) is 6.07 Å². The Balaban J connectivity index is 3.86. The van der Waals surface area contributed by atoms with Crippen molar-refractivity contribution in [2.24, 2.45) is 0 Å². The predicted molar refractivity (Wildman–Crippen MR) is 48.5 cm³/mol. The van der Waals surface area contributed by atoms with Crippen LogP contribution in [0.5, 0.6) is 0 Å². The van der Waals surface area contributed by atoms with Crippen LogP contribution in [0.25, 0.3) is 0 Å². The second kappa shape index (κ2) is 5.91. The zero-order valence-corrected chi connectivity index (χ0v) is 8.60. The average molecular weight is 206 g/mol. The highest BCUT2D eigenvalue weighted by molar-refractivity contribution is 7.90. The lowest BCUT2D eigenvalue weighted by Gasteiger charge is -2.06. The van der Waals surface area contributed by atoms with Gasteiger partial charge in [0.15, 0.2) is 5.25 Å². The monoisotopic (exact) mass is 206 g/mol. The highest BCUT2D eigenvalue weighted by Crippen LogP contribution is 1.95. The van der Waals surface area contributed by atoms with Gasteiger partial charge in [-0.25, -0.2) is 13.1 Å². The van der Waals surface area contributed by atoms with E-state index in [9.17, 15) is 8.42 Å². The minimum Gasteiger partial charge on any atom is -0.385 e. The van der Waals surface area contributed by atoms with E-state index >= 15 is 0 Å². The summed E-state index contributed by atoms with van der Waals surface area (Å²) in [5.41, 5.74) is 0. The molecule has 5 nitrogen and oxygen atoms in total. The van der Waals surface area contributed by atoms with Gasteiger partial charge < -0.3 is 4.74 Å². The Kier molecular flexibility index (Phi) is 5.62. The zero-order valence-electron chi connectivity index (χ0n) is 7.78. The molecular formula is C7H14N2O3S. The molecule has 0 saturated carbocycles. The fourth-order valence-corrected chi connectivity index (χ4v) is 1.44. The highest BCUT2D eigenvalue weighted by Gasteiger charge is 2.18. The molecular weight excluding hydrogens is 192 g/mol. The molecule has 0 aliphatic carbocycles. The molecule has 0 spiro atoms. The first-order chi connectivity index (χ1) is 6.04. The first-order valence-electron chi connectivity index (χ1n) is 3.91. The molecule has 0 aliphatic heterocycles. The molecule has 0 bridgehead atoms. The Morgan fingerprint density at radius 3 is 2.69 bits per heavy atom. The number of methoxy groups -OCH3 is 1. The Hall–Kier alpha value is -0.640. The van der Waals surface area contributed by atoms with Crippen LogP contribution in [-0.2, 0) is 14.8 Å². The predicted octanol–water partition coefficient (Wildman–Crippen LogP) is -0.146. The van der Waals surface area contributed by atoms with Gasteiger partial charge in [0.2, 0.25) is 10.0 Å². The van der Waals surface area contributed by atoms with Crippen molar-refractivity contribution >= 4 is 10.0 Å². The van der Waals surface area contributed by atoms with E-state index in [0.717, 1.165) is 0 Å². The van der Waals surface area contributed by atoms with Gasteiger partial charge in [-0.2, -0.15) is 5.26 Å². The molecule has 13 heavy (non-hydrogen) atoms. The van der Waals surface area contributed by atoms with E-state index in [2.05, 4.69) is 4.72 Å². The van der Waals surface area contributed by atoms with Crippen LogP contribution in [0.3, 0.4) is 0 Å². The lowest BCUT2D eigenvalue weighted by atomic mass is 10.5. The largest absolute Gasteiger partial charge is 0.385 e. The molecule has 0 aliphatic rings. The summed E-state index contributed by atoms with van der Waals surface area (Å²) >= 11 is 0. The maximum Gasteiger partial charge on any atom is 0.227 e. The fraction of sp³-hybridized carbons (Fsp3) is 0.857. The first kappa shape index (κ1) is 12.4. The van der Waals surface area contributed by atoms with Crippen molar-refractivity contribution in [1.29, 1.82) is 5.26 Å². The maximum absolute atomic E-state index is 11.2. The molecule has 0 amide bonds. The molecule has 0 aromatic carbocycles. The SMILES string of the molecule is COCCCNS(=O)(=O)C(C)C#N. The zero-order chi connectivity index (χ0) is 10.3. The summed E-state index contributed by atoms with van der Waals surface area (Å²) in [5, 5.41) is 7.37. The van der Waals surface area contributed by atoms with Crippen molar-refractivity contribution in [3.05, 3.63) is 0 Å². The van der Waals surface area contributed by atoms with Crippen molar-refractivity contribution in [2.45, 2.75) is 18.6 Å². The van der Waals surface area contributed by atoms with Crippen molar-refractivity contribution in [3.63, 3.8) is 0 Å². The third-order valence-electron chi connectivity index (χ3n) is 1.48. The summed E-state index contributed by atoms with van der Waals surface area (Å²) in [6.07, 6.45) is 0.605. The minimum absolute atomic E-state index is 0.308. The number of hydrogen-bond acceptors (Lipinski definition) is 4. The molecule has 0 heterocycles. The molecule has 0 aromatic heterocycles. The Labute approximate surface area is 78.7 Å². The van der Waals surface area contributed by atoms with E-state index in [1.165, 1.54) is 6.92 Å². The quantitative estimate of drug-likeness (QED) is 0.613. The molecule has 1 N–H and O–H groups in total. The van der Waals surface area contributed by atoms with Crippen molar-refractivity contribution in [1.82, 2.24) is 4.72 Å². The Morgan fingerprint density at radius 2 is 2.23 bits per heavy atom. The van der Waals surface area contributed by atoms with Gasteiger partial charge >= 0.3 is 0 Å². The molecule has 1 unspecified atom stereocenters. The molecule has 0 radical (unpaired) electrons. The smallest absolute Gasteiger partial charge is 0.227 e. The Morgan fingerprint density at radius 1 is 1.62 bits per heavy atom. The number of nitriles is 1. The average Bonchev–Trinajstić information content (AvgIpc) is 2.11. The lowest BCUT2D eigenvalue weighted by molar-refractivity contribution is 0.196. The molecule has 6 heteroatoms. The standard InChI is InChI=1S/C7H14N2O3S/c1-7(6-8)13(10,11)9-4-3-5-12-2/h7,9H,3-5H2,1-2H3. The van der Waals surface area contributed by atoms with Crippen LogP contribution < -0.4 is 4.72 Å². The summed E-state index contributed by atoms with van der Waals surface area (Å²) in [5.74, 6) is 0.